The highest BCUT2D eigenvalue weighted by molar-refractivity contribution is 5.92. The molecule has 4 heterocycles. The van der Waals surface area contributed by atoms with E-state index >= 15 is 0 Å². The molecule has 122 valence electrons. The third-order valence-electron chi connectivity index (χ3n) is 4.69. The molecule has 0 aliphatic carbocycles. The zero-order chi connectivity index (χ0) is 15.1. The summed E-state index contributed by atoms with van der Waals surface area (Å²) in [4.78, 5) is 11.5. The Morgan fingerprint density at radius 2 is 1.96 bits per heavy atom. The Kier molecular flexibility index (Phi) is 4.31. The Morgan fingerprint density at radius 1 is 1.17 bits per heavy atom. The van der Waals surface area contributed by atoms with Crippen LogP contribution in [0.2, 0.25) is 0 Å². The number of anilines is 1. The fourth-order valence-electron chi connectivity index (χ4n) is 3.37. The van der Waals surface area contributed by atoms with Crippen molar-refractivity contribution in [3.05, 3.63) is 41.7 Å². The summed E-state index contributed by atoms with van der Waals surface area (Å²) in [6, 6.07) is 3.93. The van der Waals surface area contributed by atoms with Crippen molar-refractivity contribution in [2.45, 2.75) is 33.2 Å². The summed E-state index contributed by atoms with van der Waals surface area (Å²) in [7, 11) is 0. The smallest absolute Gasteiger partial charge is 0.146 e. The van der Waals surface area contributed by atoms with Crippen molar-refractivity contribution in [2.24, 2.45) is 0 Å². The van der Waals surface area contributed by atoms with Crippen LogP contribution in [0, 0.1) is 13.8 Å². The van der Waals surface area contributed by atoms with E-state index in [0.29, 0.717) is 6.54 Å². The lowest BCUT2D eigenvalue weighted by Gasteiger charge is -2.17. The van der Waals surface area contributed by atoms with Crippen molar-refractivity contribution in [1.82, 2.24) is 14.5 Å². The van der Waals surface area contributed by atoms with Gasteiger partial charge in [-0.15, -0.1) is 12.4 Å². The van der Waals surface area contributed by atoms with E-state index in [0.717, 1.165) is 30.3 Å². The molecule has 23 heavy (non-hydrogen) atoms. The van der Waals surface area contributed by atoms with Crippen molar-refractivity contribution >= 4 is 29.3 Å². The first-order chi connectivity index (χ1) is 10.8. The SMILES string of the molecule is Cc1c(C)n(Cc2ccco2)c2ncnc(N3CCCC3)c12.Cl. The maximum Gasteiger partial charge on any atom is 0.146 e. The maximum atomic E-state index is 5.51. The van der Waals surface area contributed by atoms with E-state index in [4.69, 9.17) is 4.42 Å². The lowest BCUT2D eigenvalue weighted by atomic mass is 10.2. The Hall–Kier alpha value is -2.01. The van der Waals surface area contributed by atoms with Crippen molar-refractivity contribution in [1.29, 1.82) is 0 Å². The number of rotatable bonds is 3. The van der Waals surface area contributed by atoms with Gasteiger partial charge in [0.2, 0.25) is 0 Å². The van der Waals surface area contributed by atoms with Crippen LogP contribution in [0.1, 0.15) is 29.9 Å². The van der Waals surface area contributed by atoms with Crippen LogP contribution in [0.15, 0.2) is 29.1 Å². The molecule has 0 radical (unpaired) electrons. The standard InChI is InChI=1S/C17H20N4O.ClH/c1-12-13(2)21(10-14-6-5-9-22-14)17-15(12)16(18-11-19-17)20-7-3-4-8-20;/h5-6,9,11H,3-4,7-8,10H2,1-2H3;1H. The van der Waals surface area contributed by atoms with E-state index in [1.54, 1.807) is 12.6 Å². The lowest BCUT2D eigenvalue weighted by molar-refractivity contribution is 0.494. The van der Waals surface area contributed by atoms with Crippen LogP contribution >= 0.6 is 12.4 Å². The summed E-state index contributed by atoms with van der Waals surface area (Å²) in [5.74, 6) is 2.03. The van der Waals surface area contributed by atoms with Gasteiger partial charge in [0.25, 0.3) is 0 Å². The van der Waals surface area contributed by atoms with Crippen LogP contribution in [0.5, 0.6) is 0 Å². The first-order valence-corrected chi connectivity index (χ1v) is 7.83. The molecule has 0 atom stereocenters. The number of furan rings is 1. The van der Waals surface area contributed by atoms with Crippen LogP contribution in [0.3, 0.4) is 0 Å². The first-order valence-electron chi connectivity index (χ1n) is 7.83. The van der Waals surface area contributed by atoms with Gasteiger partial charge in [0.15, 0.2) is 0 Å². The average molecular weight is 333 g/mol. The van der Waals surface area contributed by atoms with Crippen molar-refractivity contribution in [2.75, 3.05) is 18.0 Å². The molecule has 4 rings (SSSR count). The predicted molar refractivity (Wildman–Crippen MR) is 93.5 cm³/mol. The molecule has 5 nitrogen and oxygen atoms in total. The van der Waals surface area contributed by atoms with E-state index in [9.17, 15) is 0 Å². The highest BCUT2D eigenvalue weighted by Gasteiger charge is 2.22. The van der Waals surface area contributed by atoms with Gasteiger partial charge < -0.3 is 13.9 Å². The second kappa shape index (κ2) is 6.24. The minimum absolute atomic E-state index is 0. The van der Waals surface area contributed by atoms with Gasteiger partial charge >= 0.3 is 0 Å². The zero-order valence-electron chi connectivity index (χ0n) is 13.5. The number of aryl methyl sites for hydroxylation is 1. The summed E-state index contributed by atoms with van der Waals surface area (Å²) in [5.41, 5.74) is 3.50. The molecule has 0 amide bonds. The molecule has 1 aliphatic heterocycles. The minimum Gasteiger partial charge on any atom is -0.467 e. The predicted octanol–water partition coefficient (Wildman–Crippen LogP) is 3.71. The number of nitrogens with zero attached hydrogens (tertiary/aromatic N) is 4. The van der Waals surface area contributed by atoms with Crippen LogP contribution in [-0.2, 0) is 6.54 Å². The lowest BCUT2D eigenvalue weighted by Crippen LogP contribution is -2.19. The molecular formula is C17H21ClN4O. The Labute approximate surface area is 141 Å². The van der Waals surface area contributed by atoms with Gasteiger partial charge in [-0.05, 0) is 44.4 Å². The molecule has 6 heteroatoms. The van der Waals surface area contributed by atoms with Gasteiger partial charge in [-0.25, -0.2) is 9.97 Å². The number of hydrogen-bond acceptors (Lipinski definition) is 4. The summed E-state index contributed by atoms with van der Waals surface area (Å²) in [6.07, 6.45) is 5.90. The first kappa shape index (κ1) is 15.9. The molecular weight excluding hydrogens is 312 g/mol. The molecule has 0 bridgehead atoms. The fourth-order valence-corrected chi connectivity index (χ4v) is 3.37. The second-order valence-corrected chi connectivity index (χ2v) is 5.97. The molecule has 0 aromatic carbocycles. The number of hydrogen-bond donors (Lipinski definition) is 0. The molecule has 0 unspecified atom stereocenters. The molecule has 3 aromatic rings. The van der Waals surface area contributed by atoms with Crippen LogP contribution in [0.25, 0.3) is 11.0 Å². The van der Waals surface area contributed by atoms with Gasteiger partial charge in [0, 0.05) is 18.8 Å². The van der Waals surface area contributed by atoms with Crippen LogP contribution in [-0.4, -0.2) is 27.6 Å². The molecule has 0 spiro atoms. The van der Waals surface area contributed by atoms with Gasteiger partial charge in [0.1, 0.15) is 23.6 Å². The number of aromatic nitrogens is 3. The maximum absolute atomic E-state index is 5.51. The Balaban J connectivity index is 0.00000156. The molecule has 0 saturated carbocycles. The minimum atomic E-state index is 0. The zero-order valence-corrected chi connectivity index (χ0v) is 14.3. The average Bonchev–Trinajstić information content (AvgIpc) is 3.26. The van der Waals surface area contributed by atoms with E-state index < -0.39 is 0 Å². The van der Waals surface area contributed by atoms with E-state index in [1.807, 2.05) is 12.1 Å². The van der Waals surface area contributed by atoms with E-state index in [2.05, 4.69) is 33.3 Å². The van der Waals surface area contributed by atoms with E-state index in [-0.39, 0.29) is 12.4 Å². The topological polar surface area (TPSA) is 47.1 Å². The number of halogens is 1. The summed E-state index contributed by atoms with van der Waals surface area (Å²) in [5, 5.41) is 1.19. The quantitative estimate of drug-likeness (QED) is 0.733. The summed E-state index contributed by atoms with van der Waals surface area (Å²) in [6.45, 7) is 7.20. The fraction of sp³-hybridized carbons (Fsp3) is 0.412. The molecule has 3 aromatic heterocycles. The van der Waals surface area contributed by atoms with E-state index in [1.165, 1.54) is 29.5 Å². The van der Waals surface area contributed by atoms with Gasteiger partial charge in [0.05, 0.1) is 18.2 Å². The third kappa shape index (κ3) is 2.59. The van der Waals surface area contributed by atoms with Gasteiger partial charge in [-0.3, -0.25) is 0 Å². The van der Waals surface area contributed by atoms with Gasteiger partial charge in [-0.2, -0.15) is 0 Å². The van der Waals surface area contributed by atoms with Crippen LogP contribution in [0.4, 0.5) is 5.82 Å². The van der Waals surface area contributed by atoms with Crippen molar-refractivity contribution in [3.8, 4) is 0 Å². The molecule has 0 N–H and O–H groups in total. The molecule has 1 fully saturated rings. The largest absolute Gasteiger partial charge is 0.467 e. The monoisotopic (exact) mass is 332 g/mol. The Bertz CT molecular complexity index is 804. The highest BCUT2D eigenvalue weighted by Crippen LogP contribution is 2.32. The number of fused-ring (bicyclic) bond motifs is 1. The van der Waals surface area contributed by atoms with Gasteiger partial charge in [-0.1, -0.05) is 0 Å². The van der Waals surface area contributed by atoms with Crippen molar-refractivity contribution in [3.63, 3.8) is 0 Å². The van der Waals surface area contributed by atoms with Crippen molar-refractivity contribution < 1.29 is 4.42 Å². The third-order valence-corrected chi connectivity index (χ3v) is 4.69. The Morgan fingerprint density at radius 3 is 2.65 bits per heavy atom. The summed E-state index contributed by atoms with van der Waals surface area (Å²) >= 11 is 0. The molecule has 1 aliphatic rings. The highest BCUT2D eigenvalue weighted by atomic mass is 35.5. The summed E-state index contributed by atoms with van der Waals surface area (Å²) < 4.78 is 7.73. The normalized spacial score (nSPS) is 14.4. The van der Waals surface area contributed by atoms with Crippen LogP contribution < -0.4 is 4.90 Å². The molecule has 1 saturated heterocycles. The second-order valence-electron chi connectivity index (χ2n) is 5.97.